The molecule has 0 N–H and O–H groups in total. The molecule has 1 aliphatic rings. The van der Waals surface area contributed by atoms with Gasteiger partial charge in [0.25, 0.3) is 0 Å². The highest BCUT2D eigenvalue weighted by atomic mass is 33.1. The first-order chi connectivity index (χ1) is 4.88. The molecule has 0 amide bonds. The molecule has 2 rings (SSSR count). The van der Waals surface area contributed by atoms with E-state index in [1.54, 1.807) is 0 Å². The Labute approximate surface area is 68.8 Å². The molecule has 1 aromatic carbocycles. The Kier molecular flexibility index (Phi) is 1.66. The van der Waals surface area contributed by atoms with Gasteiger partial charge in [0.2, 0.25) is 0 Å². The lowest BCUT2D eigenvalue weighted by Crippen LogP contribution is -1.80. The normalized spacial score (nSPS) is 22.7. The number of fused-ring (bicyclic) bond motifs is 1. The molecule has 0 bridgehead atoms. The fraction of sp³-hybridized carbons (Fsp3) is 0.250. The van der Waals surface area contributed by atoms with Crippen LogP contribution in [0.2, 0.25) is 0 Å². The van der Waals surface area contributed by atoms with Crippen molar-refractivity contribution >= 4 is 21.6 Å². The summed E-state index contributed by atoms with van der Waals surface area (Å²) in [6.45, 7) is 2.25. The van der Waals surface area contributed by atoms with Gasteiger partial charge in [-0.05, 0) is 18.6 Å². The van der Waals surface area contributed by atoms with Crippen LogP contribution in [0.25, 0.3) is 0 Å². The highest BCUT2D eigenvalue weighted by Gasteiger charge is 2.18. The molecule has 1 unspecified atom stereocenters. The van der Waals surface area contributed by atoms with Crippen molar-refractivity contribution in [1.29, 1.82) is 0 Å². The zero-order chi connectivity index (χ0) is 6.97. The van der Waals surface area contributed by atoms with E-state index in [2.05, 4.69) is 31.2 Å². The third kappa shape index (κ3) is 0.956. The van der Waals surface area contributed by atoms with Gasteiger partial charge < -0.3 is 0 Å². The lowest BCUT2D eigenvalue weighted by atomic mass is 10.2. The lowest BCUT2D eigenvalue weighted by Gasteiger charge is -1.98. The van der Waals surface area contributed by atoms with Crippen LogP contribution in [0.3, 0.4) is 0 Å². The molecule has 10 heavy (non-hydrogen) atoms. The molecule has 0 fully saturated rings. The minimum absolute atomic E-state index is 0.682. The Bertz CT molecular complexity index is 245. The Morgan fingerprint density at radius 3 is 2.90 bits per heavy atom. The summed E-state index contributed by atoms with van der Waals surface area (Å²) in [5.41, 5.74) is 1.50. The Balaban J connectivity index is 2.51. The van der Waals surface area contributed by atoms with Gasteiger partial charge in [0, 0.05) is 10.1 Å². The molecule has 52 valence electrons. The summed E-state index contributed by atoms with van der Waals surface area (Å²) < 4.78 is 0. The smallest absolute Gasteiger partial charge is 0.0387 e. The maximum Gasteiger partial charge on any atom is 0.0387 e. The molecule has 1 heterocycles. The van der Waals surface area contributed by atoms with Crippen molar-refractivity contribution < 1.29 is 0 Å². The first-order valence-corrected chi connectivity index (χ1v) is 5.51. The average Bonchev–Trinajstić information content (AvgIpc) is 2.34. The summed E-state index contributed by atoms with van der Waals surface area (Å²) in [5, 5.41) is 0.682. The van der Waals surface area contributed by atoms with E-state index in [0.29, 0.717) is 5.25 Å². The van der Waals surface area contributed by atoms with Gasteiger partial charge in [-0.25, -0.2) is 0 Å². The molecular weight excluding hydrogens is 160 g/mol. The van der Waals surface area contributed by atoms with Crippen molar-refractivity contribution in [3.8, 4) is 0 Å². The molecule has 1 aliphatic heterocycles. The summed E-state index contributed by atoms with van der Waals surface area (Å²) in [5.74, 6) is 0. The topological polar surface area (TPSA) is 0 Å². The van der Waals surface area contributed by atoms with Crippen LogP contribution in [0.15, 0.2) is 29.2 Å². The van der Waals surface area contributed by atoms with Crippen LogP contribution in [0.4, 0.5) is 0 Å². The highest BCUT2D eigenvalue weighted by molar-refractivity contribution is 8.77. The van der Waals surface area contributed by atoms with Gasteiger partial charge in [-0.1, -0.05) is 39.8 Å². The molecule has 0 aliphatic carbocycles. The minimum Gasteiger partial charge on any atom is -0.0809 e. The van der Waals surface area contributed by atoms with Gasteiger partial charge in [-0.2, -0.15) is 0 Å². The monoisotopic (exact) mass is 168 g/mol. The van der Waals surface area contributed by atoms with Gasteiger partial charge in [-0.15, -0.1) is 0 Å². The summed E-state index contributed by atoms with van der Waals surface area (Å²) in [7, 11) is 3.84. The van der Waals surface area contributed by atoms with E-state index >= 15 is 0 Å². The number of hydrogen-bond acceptors (Lipinski definition) is 2. The van der Waals surface area contributed by atoms with Crippen LogP contribution >= 0.6 is 21.6 Å². The van der Waals surface area contributed by atoms with E-state index in [9.17, 15) is 0 Å². The van der Waals surface area contributed by atoms with E-state index in [1.165, 1.54) is 10.5 Å². The summed E-state index contributed by atoms with van der Waals surface area (Å²) in [4.78, 5) is 1.44. The van der Waals surface area contributed by atoms with E-state index in [-0.39, 0.29) is 0 Å². The molecule has 0 nitrogen and oxygen atoms in total. The highest BCUT2D eigenvalue weighted by Crippen LogP contribution is 2.52. The van der Waals surface area contributed by atoms with Crippen LogP contribution in [0, 0.1) is 0 Å². The molecule has 0 aromatic heterocycles. The van der Waals surface area contributed by atoms with Crippen molar-refractivity contribution in [3.05, 3.63) is 29.8 Å². The Morgan fingerprint density at radius 2 is 2.10 bits per heavy atom. The van der Waals surface area contributed by atoms with Crippen LogP contribution < -0.4 is 0 Å². The van der Waals surface area contributed by atoms with Crippen LogP contribution in [0.5, 0.6) is 0 Å². The van der Waals surface area contributed by atoms with Crippen LogP contribution in [-0.4, -0.2) is 0 Å². The van der Waals surface area contributed by atoms with Gasteiger partial charge in [0.15, 0.2) is 0 Å². The molecule has 1 atom stereocenters. The molecule has 1 aromatic rings. The molecule has 0 radical (unpaired) electrons. The van der Waals surface area contributed by atoms with Gasteiger partial charge in [-0.3, -0.25) is 0 Å². The molecule has 0 saturated carbocycles. The van der Waals surface area contributed by atoms with Crippen molar-refractivity contribution in [3.63, 3.8) is 0 Å². The Hall–Kier alpha value is -0.0800. The molecule has 0 spiro atoms. The van der Waals surface area contributed by atoms with Gasteiger partial charge >= 0.3 is 0 Å². The second-order valence-corrected chi connectivity index (χ2v) is 4.94. The second-order valence-electron chi connectivity index (χ2n) is 2.36. The van der Waals surface area contributed by atoms with Crippen molar-refractivity contribution in [2.75, 3.05) is 0 Å². The van der Waals surface area contributed by atoms with Crippen LogP contribution in [0.1, 0.15) is 17.7 Å². The first-order valence-electron chi connectivity index (χ1n) is 3.30. The van der Waals surface area contributed by atoms with Crippen molar-refractivity contribution in [2.24, 2.45) is 0 Å². The first kappa shape index (κ1) is 6.62. The predicted molar refractivity (Wildman–Crippen MR) is 48.3 cm³/mol. The average molecular weight is 168 g/mol. The summed E-state index contributed by atoms with van der Waals surface area (Å²) in [6.07, 6.45) is 0. The van der Waals surface area contributed by atoms with Gasteiger partial charge in [0.05, 0.1) is 0 Å². The third-order valence-corrected chi connectivity index (χ3v) is 4.52. The van der Waals surface area contributed by atoms with E-state index < -0.39 is 0 Å². The zero-order valence-corrected chi connectivity index (χ0v) is 7.34. The summed E-state index contributed by atoms with van der Waals surface area (Å²) >= 11 is 0. The van der Waals surface area contributed by atoms with E-state index in [0.717, 1.165) is 0 Å². The largest absolute Gasteiger partial charge is 0.0809 e. The minimum atomic E-state index is 0.682. The maximum absolute atomic E-state index is 2.25. The fourth-order valence-electron chi connectivity index (χ4n) is 1.07. The van der Waals surface area contributed by atoms with E-state index in [4.69, 9.17) is 0 Å². The molecule has 2 heteroatoms. The van der Waals surface area contributed by atoms with Crippen LogP contribution in [-0.2, 0) is 0 Å². The Morgan fingerprint density at radius 1 is 1.30 bits per heavy atom. The second kappa shape index (κ2) is 2.51. The predicted octanol–water partition coefficient (Wildman–Crippen LogP) is 3.50. The quantitative estimate of drug-likeness (QED) is 0.544. The van der Waals surface area contributed by atoms with E-state index in [1.807, 2.05) is 21.6 Å². The maximum atomic E-state index is 2.25. The molecular formula is C8H8S2. The lowest BCUT2D eigenvalue weighted by molar-refractivity contribution is 1.07. The van der Waals surface area contributed by atoms with Gasteiger partial charge in [0.1, 0.15) is 0 Å². The SMILES string of the molecule is CC1SSc2ccccc21. The summed E-state index contributed by atoms with van der Waals surface area (Å²) in [6, 6.07) is 8.62. The third-order valence-electron chi connectivity index (χ3n) is 1.64. The zero-order valence-electron chi connectivity index (χ0n) is 5.70. The fourth-order valence-corrected chi connectivity index (χ4v) is 3.69. The number of benzene rings is 1. The van der Waals surface area contributed by atoms with Crippen molar-refractivity contribution in [1.82, 2.24) is 0 Å². The van der Waals surface area contributed by atoms with Crippen molar-refractivity contribution in [2.45, 2.75) is 17.1 Å². The number of rotatable bonds is 0. The molecule has 0 saturated heterocycles. The standard InChI is InChI=1S/C8H8S2/c1-6-7-4-2-3-5-8(7)10-9-6/h2-6H,1H3. The number of hydrogen-bond donors (Lipinski definition) is 0.